The highest BCUT2D eigenvalue weighted by molar-refractivity contribution is 7.19. The molecule has 0 spiro atoms. The molecule has 0 radical (unpaired) electrons. The summed E-state index contributed by atoms with van der Waals surface area (Å²) in [5.41, 5.74) is 14.8. The maximum absolute atomic E-state index is 13.6. The van der Waals surface area contributed by atoms with Crippen molar-refractivity contribution < 1.29 is 42.8 Å². The van der Waals surface area contributed by atoms with Gasteiger partial charge in [-0.2, -0.15) is 11.3 Å². The van der Waals surface area contributed by atoms with E-state index < -0.39 is 11.8 Å². The van der Waals surface area contributed by atoms with Gasteiger partial charge in [0.15, 0.2) is 21.7 Å². The zero-order valence-electron chi connectivity index (χ0n) is 63.1. The third kappa shape index (κ3) is 22.9. The number of rotatable bonds is 17. The van der Waals surface area contributed by atoms with Gasteiger partial charge in [0, 0.05) is 96.9 Å². The number of carboxylic acids is 1. The van der Waals surface area contributed by atoms with Gasteiger partial charge in [0.25, 0.3) is 0 Å². The summed E-state index contributed by atoms with van der Waals surface area (Å²) in [6, 6.07) is 33.6. The van der Waals surface area contributed by atoms with Crippen LogP contribution in [0.4, 0.5) is 47.4 Å². The van der Waals surface area contributed by atoms with E-state index in [4.69, 9.17) is 106 Å². The molecule has 1 N–H and O–H groups in total. The molecule has 4 saturated heterocycles. The van der Waals surface area contributed by atoms with Gasteiger partial charge in [0.05, 0.1) is 124 Å². The standard InChI is InChI=1S/C18H17ClN2O3S.C18H16ClNOS.C17H16ClFN2OS.C16H17ClN2O2S.C16H17N3OS/c1-11-9-13(19)4-3-12(11)10-14-15(20-2)17(25-16(14)18(22)23)21-5-7-24-8-6-21;1-12-16(11-13-3-5-15(19)6-4-13)17(20-2)18(22-12)14-7-9-21-10-8-14;1-11-13(9-12-3-4-14(18)15(19)10-12)16(20-2)17(23-11)21-5-7-22-8-6-21;1-11(20)15-14(10-12-2-4-13(17)5-3-12)18-16(22-15)19-6-8-21-9-7-19;1-12-15(11-13-3-5-14(17-2)6-4-13)18-16(21-12)19-7-9-20-10-8-19/h3-4,9H,5-8,10H2,1H3,(H,22,23);3-7H,8-11H2,1H3;3-4,10H,5-9H2,1H3;2-5H,6-10H2,1H3;3-6H,7-11H2,1H3. The van der Waals surface area contributed by atoms with Crippen molar-refractivity contribution in [2.24, 2.45) is 0 Å². The predicted molar refractivity (Wildman–Crippen MR) is 460 cm³/mol. The molecule has 0 aliphatic carbocycles. The van der Waals surface area contributed by atoms with E-state index in [1.807, 2.05) is 110 Å². The van der Waals surface area contributed by atoms with Crippen molar-refractivity contribution in [3.63, 3.8) is 0 Å². The Labute approximate surface area is 699 Å². The van der Waals surface area contributed by atoms with Crippen LogP contribution < -0.4 is 19.6 Å². The Morgan fingerprint density at radius 2 is 0.947 bits per heavy atom. The third-order valence-electron chi connectivity index (χ3n) is 19.2. The van der Waals surface area contributed by atoms with Crippen LogP contribution >= 0.6 is 103 Å². The number of hydrogen-bond donors (Lipinski definition) is 1. The van der Waals surface area contributed by atoms with Crippen molar-refractivity contribution in [3.05, 3.63) is 278 Å². The Kier molecular flexibility index (Phi) is 31.4. The van der Waals surface area contributed by atoms with E-state index in [2.05, 4.69) is 54.0 Å². The monoisotopic (exact) mass is 1690 g/mol. The van der Waals surface area contributed by atoms with Crippen molar-refractivity contribution in [2.45, 2.75) is 73.1 Å². The lowest BCUT2D eigenvalue weighted by Gasteiger charge is -2.28. The van der Waals surface area contributed by atoms with Crippen molar-refractivity contribution in [1.82, 2.24) is 9.97 Å². The lowest BCUT2D eigenvalue weighted by atomic mass is 10.00. The summed E-state index contributed by atoms with van der Waals surface area (Å²) in [4.78, 5) is 62.3. The van der Waals surface area contributed by atoms with Gasteiger partial charge in [-0.3, -0.25) is 4.79 Å². The average molecular weight is 1690 g/mol. The molecule has 0 bridgehead atoms. The molecule has 5 aliphatic heterocycles. The molecule has 0 unspecified atom stereocenters. The zero-order chi connectivity index (χ0) is 80.1. The molecular weight excluding hydrogens is 1610 g/mol. The van der Waals surface area contributed by atoms with Crippen LogP contribution in [-0.4, -0.2) is 145 Å². The summed E-state index contributed by atoms with van der Waals surface area (Å²) in [7, 11) is 0. The maximum atomic E-state index is 13.6. The Morgan fingerprint density at radius 1 is 0.478 bits per heavy atom. The number of hydrogen-bond acceptors (Lipinski definition) is 18. The number of morpholine rings is 4. The van der Waals surface area contributed by atoms with Gasteiger partial charge in [-0.25, -0.2) is 38.5 Å². The summed E-state index contributed by atoms with van der Waals surface area (Å²) < 4.78 is 40.5. The normalized spacial score (nSPS) is 14.7. The van der Waals surface area contributed by atoms with Crippen LogP contribution in [0.2, 0.25) is 20.1 Å². The minimum absolute atomic E-state index is 0.0703. The molecule has 586 valence electrons. The fourth-order valence-electron chi connectivity index (χ4n) is 13.1. The number of carboxylic acid groups (broad SMARTS) is 1. The highest BCUT2D eigenvalue weighted by Crippen LogP contribution is 2.47. The number of ether oxygens (including phenoxy) is 5. The zero-order valence-corrected chi connectivity index (χ0v) is 70.3. The van der Waals surface area contributed by atoms with Crippen LogP contribution in [0.1, 0.15) is 114 Å². The quantitative estimate of drug-likeness (QED) is 0.0678. The smallest absolute Gasteiger partial charge is 0.344 e. The highest BCUT2D eigenvalue weighted by Gasteiger charge is 2.29. The summed E-state index contributed by atoms with van der Waals surface area (Å²) >= 11 is 31.4. The first-order valence-corrected chi connectivity index (χ1v) is 42.2. The summed E-state index contributed by atoms with van der Waals surface area (Å²) in [6.07, 6.45) is 6.19. The molecule has 4 fully saturated rings. The van der Waals surface area contributed by atoms with E-state index in [9.17, 15) is 19.1 Å². The number of Topliss-reactive ketones (excluding diaryl/α,β-unsaturated/α-hetero) is 1. The maximum Gasteiger partial charge on any atom is 0.344 e. The van der Waals surface area contributed by atoms with Crippen LogP contribution in [0.5, 0.6) is 0 Å². The second kappa shape index (κ2) is 41.6. The summed E-state index contributed by atoms with van der Waals surface area (Å²) in [5, 5.41) is 15.6. The Morgan fingerprint density at radius 3 is 1.46 bits per heavy atom. The van der Waals surface area contributed by atoms with E-state index in [-0.39, 0.29) is 15.7 Å². The first-order chi connectivity index (χ1) is 54.7. The van der Waals surface area contributed by atoms with E-state index >= 15 is 0 Å². The second-order valence-corrected chi connectivity index (χ2v) is 34.1. The fourth-order valence-corrected chi connectivity index (χ4v) is 19.1. The molecule has 5 aliphatic rings. The Balaban J connectivity index is 0.000000140. The van der Waals surface area contributed by atoms with Gasteiger partial charge in [-0.05, 0) is 167 Å². The van der Waals surface area contributed by atoms with E-state index in [1.165, 1.54) is 55.2 Å². The predicted octanol–water partition coefficient (Wildman–Crippen LogP) is 21.7. The molecule has 5 aromatic carbocycles. The molecule has 113 heavy (non-hydrogen) atoms. The minimum Gasteiger partial charge on any atom is -0.477 e. The van der Waals surface area contributed by atoms with Gasteiger partial charge in [-0.1, -0.05) is 124 Å². The highest BCUT2D eigenvalue weighted by atomic mass is 35.5. The first kappa shape index (κ1) is 85.3. The van der Waals surface area contributed by atoms with Crippen molar-refractivity contribution in [2.75, 3.05) is 138 Å². The average Bonchev–Trinajstić information content (AvgIpc) is 1.65. The van der Waals surface area contributed by atoms with E-state index in [0.29, 0.717) is 111 Å². The second-order valence-electron chi connectivity index (χ2n) is 26.8. The third-order valence-corrected chi connectivity index (χ3v) is 26.2. The number of aromatic carboxylic acids is 1. The number of aryl methyl sites for hydroxylation is 4. The molecule has 10 heterocycles. The van der Waals surface area contributed by atoms with Crippen LogP contribution in [0.25, 0.3) is 25.0 Å². The lowest BCUT2D eigenvalue weighted by Crippen LogP contribution is -2.36. The number of anilines is 4. The van der Waals surface area contributed by atoms with Crippen molar-refractivity contribution in [3.8, 4) is 0 Å². The molecule has 0 saturated carbocycles. The molecule has 0 amide bonds. The van der Waals surface area contributed by atoms with Gasteiger partial charge in [0.2, 0.25) is 17.1 Å². The number of carbonyl (C=O) groups is 2. The Hall–Kier alpha value is -8.61. The van der Waals surface area contributed by atoms with Crippen LogP contribution in [-0.2, 0) is 55.8 Å². The molecule has 18 nitrogen and oxygen atoms in total. The molecule has 15 rings (SSSR count). The number of aromatic nitrogens is 2. The number of thiophene rings is 3. The van der Waals surface area contributed by atoms with Gasteiger partial charge in [-0.15, -0.1) is 34.0 Å². The molecule has 0 atom stereocenters. The van der Waals surface area contributed by atoms with Crippen LogP contribution in [0.15, 0.2) is 115 Å². The van der Waals surface area contributed by atoms with Gasteiger partial charge >= 0.3 is 5.97 Å². The number of benzene rings is 5. The van der Waals surface area contributed by atoms with Gasteiger partial charge in [0.1, 0.15) is 10.7 Å². The number of ketones is 1. The number of thiazole rings is 2. The van der Waals surface area contributed by atoms with E-state index in [0.717, 1.165) is 169 Å². The largest absolute Gasteiger partial charge is 0.477 e. The van der Waals surface area contributed by atoms with Gasteiger partial charge < -0.3 is 48.4 Å². The fraction of sp³-hybridized carbons (Fsp3) is 0.341. The lowest BCUT2D eigenvalue weighted by molar-refractivity contribution is 0.0700. The molecular formula is C85H83Cl4FN10O8S5. The van der Waals surface area contributed by atoms with Crippen molar-refractivity contribution >= 4 is 163 Å². The van der Waals surface area contributed by atoms with Crippen LogP contribution in [0, 0.1) is 59.8 Å². The molecule has 28 heteroatoms. The van der Waals surface area contributed by atoms with Crippen molar-refractivity contribution in [1.29, 1.82) is 0 Å². The number of halogens is 5. The summed E-state index contributed by atoms with van der Waals surface area (Å²) in [5.74, 6) is -1.34. The SMILES string of the molecule is CC(=O)c1sc(N2CCOCC2)nc1Cc1ccc(Cl)cc1.[C-]#[N+]c1c(C2=CCOCC2)sc(C)c1Cc1ccc(Cl)cc1.[C-]#[N+]c1c(N2CCOCC2)sc(C(=O)O)c1Cc1ccc(Cl)cc1C.[C-]#[N+]c1c(N2CCOCC2)sc(C)c1Cc1ccc(Cl)c(F)c1.[C-]#[N+]c1ccc(Cc2nc(N3CCOCC3)sc2C)cc1. The first-order valence-electron chi connectivity index (χ1n) is 36.6. The summed E-state index contributed by atoms with van der Waals surface area (Å²) in [6.45, 7) is 52.9. The number of carbonyl (C=O) groups excluding carboxylic acids is 1. The van der Waals surface area contributed by atoms with Crippen LogP contribution in [0.3, 0.4) is 0 Å². The molecule has 5 aromatic heterocycles. The van der Waals surface area contributed by atoms with E-state index in [1.54, 1.807) is 53.1 Å². The number of nitrogens with zero attached hydrogens (tertiary/aromatic N) is 10. The molecule has 10 aromatic rings. The Bertz CT molecular complexity index is 5170. The minimum atomic E-state index is -0.990. The topological polar surface area (TPSA) is 157 Å².